The lowest BCUT2D eigenvalue weighted by molar-refractivity contribution is -0.0203. The van der Waals surface area contributed by atoms with E-state index in [4.69, 9.17) is 4.74 Å². The molecule has 0 aliphatic carbocycles. The Morgan fingerprint density at radius 3 is 2.89 bits per heavy atom. The van der Waals surface area contributed by atoms with Gasteiger partial charge in [0.1, 0.15) is 18.0 Å². The molecule has 2 aromatic rings. The predicted octanol–water partition coefficient (Wildman–Crippen LogP) is 3.17. The molecule has 2 aliphatic rings. The van der Waals surface area contributed by atoms with Gasteiger partial charge < -0.3 is 15.0 Å². The SMILES string of the molecule is CC(C)[C@@H]1OCCC[C@@H]1Nc1cc(N2CCC[C@H]2c2cnn(C)c2)ncn1. The second kappa shape index (κ2) is 7.84. The number of ether oxygens (including phenoxy) is 1. The Morgan fingerprint density at radius 2 is 2.11 bits per heavy atom. The van der Waals surface area contributed by atoms with Gasteiger partial charge in [0.15, 0.2) is 0 Å². The van der Waals surface area contributed by atoms with Crippen LogP contribution in [0.4, 0.5) is 11.6 Å². The van der Waals surface area contributed by atoms with Crippen LogP contribution in [0, 0.1) is 5.92 Å². The fourth-order valence-corrected chi connectivity index (χ4v) is 4.39. The number of anilines is 2. The highest BCUT2D eigenvalue weighted by Crippen LogP contribution is 2.35. The zero-order valence-corrected chi connectivity index (χ0v) is 16.5. The fourth-order valence-electron chi connectivity index (χ4n) is 4.39. The Bertz CT molecular complexity index is 760. The van der Waals surface area contributed by atoms with E-state index in [1.165, 1.54) is 5.56 Å². The van der Waals surface area contributed by atoms with E-state index in [9.17, 15) is 0 Å². The summed E-state index contributed by atoms with van der Waals surface area (Å²) in [6.45, 7) is 6.31. The van der Waals surface area contributed by atoms with Crippen LogP contribution in [0.2, 0.25) is 0 Å². The molecule has 3 atom stereocenters. The maximum Gasteiger partial charge on any atom is 0.134 e. The number of aromatic nitrogens is 4. The Morgan fingerprint density at radius 1 is 1.22 bits per heavy atom. The molecule has 0 amide bonds. The number of hydrogen-bond donors (Lipinski definition) is 1. The van der Waals surface area contributed by atoms with Crippen molar-refractivity contribution in [3.63, 3.8) is 0 Å². The third-order valence-electron chi connectivity index (χ3n) is 5.67. The number of nitrogens with one attached hydrogen (secondary N) is 1. The van der Waals surface area contributed by atoms with Crippen LogP contribution in [0.5, 0.6) is 0 Å². The Hall–Kier alpha value is -2.15. The molecule has 2 fully saturated rings. The Kier molecular flexibility index (Phi) is 5.29. The number of aryl methyl sites for hydroxylation is 1. The zero-order chi connectivity index (χ0) is 18.8. The smallest absolute Gasteiger partial charge is 0.134 e. The molecular formula is C20H30N6O. The zero-order valence-electron chi connectivity index (χ0n) is 16.5. The van der Waals surface area contributed by atoms with Gasteiger partial charge in [-0.1, -0.05) is 13.8 Å². The van der Waals surface area contributed by atoms with Gasteiger partial charge in [0, 0.05) is 38.0 Å². The van der Waals surface area contributed by atoms with Crippen molar-refractivity contribution < 1.29 is 4.74 Å². The summed E-state index contributed by atoms with van der Waals surface area (Å²) in [5, 5.41) is 7.96. The van der Waals surface area contributed by atoms with Crippen molar-refractivity contribution in [1.82, 2.24) is 19.7 Å². The topological polar surface area (TPSA) is 68.1 Å². The van der Waals surface area contributed by atoms with Gasteiger partial charge in [0.2, 0.25) is 0 Å². The van der Waals surface area contributed by atoms with Crippen molar-refractivity contribution >= 4 is 11.6 Å². The van der Waals surface area contributed by atoms with Gasteiger partial charge in [-0.3, -0.25) is 4.68 Å². The summed E-state index contributed by atoms with van der Waals surface area (Å²) < 4.78 is 7.87. The molecular weight excluding hydrogens is 340 g/mol. The largest absolute Gasteiger partial charge is 0.376 e. The number of rotatable bonds is 5. The van der Waals surface area contributed by atoms with E-state index in [1.807, 2.05) is 17.9 Å². The van der Waals surface area contributed by atoms with Crippen LogP contribution in [0.25, 0.3) is 0 Å². The molecule has 27 heavy (non-hydrogen) atoms. The molecule has 2 aromatic heterocycles. The predicted molar refractivity (Wildman–Crippen MR) is 106 cm³/mol. The molecule has 7 heteroatoms. The summed E-state index contributed by atoms with van der Waals surface area (Å²) in [5.41, 5.74) is 1.25. The van der Waals surface area contributed by atoms with Crippen LogP contribution in [0.3, 0.4) is 0 Å². The molecule has 4 rings (SSSR count). The summed E-state index contributed by atoms with van der Waals surface area (Å²) >= 11 is 0. The molecule has 0 radical (unpaired) electrons. The van der Waals surface area contributed by atoms with Gasteiger partial charge >= 0.3 is 0 Å². The molecule has 0 saturated carbocycles. The third kappa shape index (κ3) is 3.93. The minimum absolute atomic E-state index is 0.229. The van der Waals surface area contributed by atoms with E-state index < -0.39 is 0 Å². The Labute approximate surface area is 161 Å². The second-order valence-electron chi connectivity index (χ2n) is 8.03. The lowest BCUT2D eigenvalue weighted by Crippen LogP contribution is -2.43. The van der Waals surface area contributed by atoms with Crippen molar-refractivity contribution in [1.29, 1.82) is 0 Å². The second-order valence-corrected chi connectivity index (χ2v) is 8.03. The average Bonchev–Trinajstić information content (AvgIpc) is 3.31. The fraction of sp³-hybridized carbons (Fsp3) is 0.650. The summed E-state index contributed by atoms with van der Waals surface area (Å²) in [4.78, 5) is 11.4. The van der Waals surface area contributed by atoms with Gasteiger partial charge in [0.05, 0.1) is 24.4 Å². The lowest BCUT2D eigenvalue weighted by atomic mass is 9.93. The summed E-state index contributed by atoms with van der Waals surface area (Å²) in [7, 11) is 1.97. The first kappa shape index (κ1) is 18.2. The number of nitrogens with zero attached hydrogens (tertiary/aromatic N) is 5. The first-order valence-electron chi connectivity index (χ1n) is 10.1. The average molecular weight is 371 g/mol. The van der Waals surface area contributed by atoms with Crippen LogP contribution in [0.15, 0.2) is 24.8 Å². The minimum atomic E-state index is 0.229. The summed E-state index contributed by atoms with van der Waals surface area (Å²) in [6, 6.07) is 2.72. The van der Waals surface area contributed by atoms with E-state index in [0.717, 1.165) is 50.5 Å². The van der Waals surface area contributed by atoms with Crippen LogP contribution >= 0.6 is 0 Å². The summed E-state index contributed by atoms with van der Waals surface area (Å²) in [6.07, 6.45) is 10.5. The van der Waals surface area contributed by atoms with E-state index >= 15 is 0 Å². The standard InChI is InChI=1S/C20H30N6O/c1-14(2)20-16(6-5-9-27-20)24-18-10-19(22-13-21-18)26-8-4-7-17(26)15-11-23-25(3)12-15/h10-14,16-17,20H,4-9H2,1-3H3,(H,21,22,24)/t16-,17-,20-/m0/s1. The first-order chi connectivity index (χ1) is 13.1. The minimum Gasteiger partial charge on any atom is -0.376 e. The first-order valence-corrected chi connectivity index (χ1v) is 10.1. The maximum absolute atomic E-state index is 6.01. The third-order valence-corrected chi connectivity index (χ3v) is 5.67. The molecule has 1 N–H and O–H groups in total. The quantitative estimate of drug-likeness (QED) is 0.872. The monoisotopic (exact) mass is 370 g/mol. The highest BCUT2D eigenvalue weighted by Gasteiger charge is 2.30. The maximum atomic E-state index is 6.01. The van der Waals surface area contributed by atoms with Crippen molar-refractivity contribution in [3.8, 4) is 0 Å². The molecule has 146 valence electrons. The molecule has 2 aliphatic heterocycles. The van der Waals surface area contributed by atoms with Crippen LogP contribution in [-0.4, -0.2) is 45.0 Å². The van der Waals surface area contributed by atoms with Crippen molar-refractivity contribution in [2.24, 2.45) is 13.0 Å². The molecule has 2 saturated heterocycles. The highest BCUT2D eigenvalue weighted by atomic mass is 16.5. The lowest BCUT2D eigenvalue weighted by Gasteiger charge is -2.35. The van der Waals surface area contributed by atoms with Gasteiger partial charge in [-0.25, -0.2) is 9.97 Å². The molecule has 0 unspecified atom stereocenters. The van der Waals surface area contributed by atoms with Crippen molar-refractivity contribution in [2.45, 2.75) is 57.7 Å². The molecule has 7 nitrogen and oxygen atoms in total. The molecule has 0 spiro atoms. The summed E-state index contributed by atoms with van der Waals surface area (Å²) in [5.74, 6) is 2.35. The van der Waals surface area contributed by atoms with E-state index in [2.05, 4.69) is 51.4 Å². The van der Waals surface area contributed by atoms with Crippen LogP contribution < -0.4 is 10.2 Å². The highest BCUT2D eigenvalue weighted by molar-refractivity contribution is 5.51. The van der Waals surface area contributed by atoms with Gasteiger partial charge in [0.25, 0.3) is 0 Å². The Balaban J connectivity index is 1.52. The van der Waals surface area contributed by atoms with E-state index in [-0.39, 0.29) is 6.10 Å². The molecule has 0 aromatic carbocycles. The van der Waals surface area contributed by atoms with E-state index in [1.54, 1.807) is 6.33 Å². The van der Waals surface area contributed by atoms with Crippen LogP contribution in [0.1, 0.15) is 51.1 Å². The normalized spacial score (nSPS) is 25.9. The molecule has 4 heterocycles. The van der Waals surface area contributed by atoms with Gasteiger partial charge in [-0.05, 0) is 31.6 Å². The number of hydrogen-bond acceptors (Lipinski definition) is 6. The molecule has 0 bridgehead atoms. The van der Waals surface area contributed by atoms with Crippen molar-refractivity contribution in [2.75, 3.05) is 23.4 Å². The van der Waals surface area contributed by atoms with Crippen molar-refractivity contribution in [3.05, 3.63) is 30.4 Å². The van der Waals surface area contributed by atoms with Gasteiger partial charge in [-0.15, -0.1) is 0 Å². The van der Waals surface area contributed by atoms with Gasteiger partial charge in [-0.2, -0.15) is 5.10 Å². The van der Waals surface area contributed by atoms with Crippen LogP contribution in [-0.2, 0) is 11.8 Å². The van der Waals surface area contributed by atoms with E-state index in [0.29, 0.717) is 18.0 Å².